The second kappa shape index (κ2) is 14.2. The smallest absolute Gasteiger partial charge is 0.362 e. The number of aromatic nitrogens is 3. The Kier molecular flexibility index (Phi) is 9.38. The number of halogens is 3. The van der Waals surface area contributed by atoms with E-state index in [9.17, 15) is 18.0 Å². The monoisotopic (exact) mass is 687 g/mol. The number of benzene rings is 4. The van der Waals surface area contributed by atoms with E-state index in [2.05, 4.69) is 31.9 Å². The average molecular weight is 688 g/mol. The van der Waals surface area contributed by atoms with Crippen LogP contribution in [0.25, 0.3) is 28.0 Å². The highest BCUT2D eigenvalue weighted by Crippen LogP contribution is 2.38. The number of aliphatic imine (C=N–C) groups is 1. The molecule has 0 bridgehead atoms. The Bertz CT molecular complexity index is 2190. The van der Waals surface area contributed by atoms with E-state index < -0.39 is 17.6 Å². The van der Waals surface area contributed by atoms with Gasteiger partial charge in [-0.25, -0.2) is 9.50 Å². The molecule has 6 aromatic rings. The Morgan fingerprint density at radius 2 is 1.47 bits per heavy atom. The minimum Gasteiger partial charge on any atom is -0.362 e. The fraction of sp³-hybridized carbons (Fsp3) is 0.200. The van der Waals surface area contributed by atoms with Crippen molar-refractivity contribution in [3.8, 4) is 22.4 Å². The molecule has 1 fully saturated rings. The first-order chi connectivity index (χ1) is 24.7. The summed E-state index contributed by atoms with van der Waals surface area (Å²) in [7, 11) is 3.67. The Morgan fingerprint density at radius 1 is 0.804 bits per heavy atom. The van der Waals surface area contributed by atoms with E-state index >= 15 is 0 Å². The molecule has 4 aromatic carbocycles. The van der Waals surface area contributed by atoms with Crippen LogP contribution < -0.4 is 4.90 Å². The van der Waals surface area contributed by atoms with Gasteiger partial charge in [-0.15, -0.1) is 5.10 Å². The van der Waals surface area contributed by atoms with Crippen molar-refractivity contribution in [1.29, 1.82) is 0 Å². The maximum atomic E-state index is 14.3. The molecule has 0 saturated carbocycles. The second-order valence-electron chi connectivity index (χ2n) is 12.6. The first-order valence-corrected chi connectivity index (χ1v) is 16.7. The number of carbonyl (C=O) groups is 1. The lowest BCUT2D eigenvalue weighted by Crippen LogP contribution is -2.46. The molecule has 3 heterocycles. The first-order valence-electron chi connectivity index (χ1n) is 16.7. The summed E-state index contributed by atoms with van der Waals surface area (Å²) >= 11 is 0. The third-order valence-corrected chi connectivity index (χ3v) is 9.00. The van der Waals surface area contributed by atoms with Gasteiger partial charge in [-0.05, 0) is 34.9 Å². The molecule has 1 aliphatic heterocycles. The molecule has 1 aliphatic rings. The molecule has 8 nitrogen and oxygen atoms in total. The fourth-order valence-electron chi connectivity index (χ4n) is 6.51. The lowest BCUT2D eigenvalue weighted by atomic mass is 9.97. The van der Waals surface area contributed by atoms with Crippen molar-refractivity contribution in [3.63, 3.8) is 0 Å². The predicted molar refractivity (Wildman–Crippen MR) is 194 cm³/mol. The van der Waals surface area contributed by atoms with Gasteiger partial charge in [-0.2, -0.15) is 18.2 Å². The van der Waals surface area contributed by atoms with E-state index in [1.165, 1.54) is 17.7 Å². The summed E-state index contributed by atoms with van der Waals surface area (Å²) in [5.74, 6) is 0.468. The number of piperazine rings is 1. The Labute approximate surface area is 294 Å². The predicted octanol–water partition coefficient (Wildman–Crippen LogP) is 7.55. The highest BCUT2D eigenvalue weighted by Gasteiger charge is 2.34. The van der Waals surface area contributed by atoms with E-state index in [1.54, 1.807) is 45.9 Å². The van der Waals surface area contributed by atoms with E-state index in [4.69, 9.17) is 5.10 Å². The van der Waals surface area contributed by atoms with Crippen molar-refractivity contribution < 1.29 is 18.0 Å². The summed E-state index contributed by atoms with van der Waals surface area (Å²) in [6, 6.07) is 34.0. The molecule has 0 radical (unpaired) electrons. The largest absolute Gasteiger partial charge is 0.417 e. The van der Waals surface area contributed by atoms with Crippen LogP contribution in [0, 0.1) is 0 Å². The van der Waals surface area contributed by atoms with E-state index in [0.717, 1.165) is 31.3 Å². The number of nitrogens with zero attached hydrogens (tertiary/aromatic N) is 7. The molecule has 11 heteroatoms. The summed E-state index contributed by atoms with van der Waals surface area (Å²) in [5.41, 5.74) is 3.57. The van der Waals surface area contributed by atoms with Crippen LogP contribution in [0.3, 0.4) is 0 Å². The molecule has 0 atom stereocenters. The van der Waals surface area contributed by atoms with Gasteiger partial charge in [0.05, 0.1) is 11.3 Å². The lowest BCUT2D eigenvalue weighted by molar-refractivity contribution is -0.137. The highest BCUT2D eigenvalue weighted by molar-refractivity contribution is 6.13. The summed E-state index contributed by atoms with van der Waals surface area (Å²) in [6.07, 6.45) is -2.92. The van der Waals surface area contributed by atoms with Crippen LogP contribution in [0.2, 0.25) is 0 Å². The normalized spacial score (nSPS) is 14.2. The van der Waals surface area contributed by atoms with Crippen LogP contribution in [0.5, 0.6) is 0 Å². The molecule has 7 rings (SSSR count). The zero-order valence-electron chi connectivity index (χ0n) is 28.3. The lowest BCUT2D eigenvalue weighted by Gasteiger charge is -2.35. The van der Waals surface area contributed by atoms with Gasteiger partial charge in [0.1, 0.15) is 11.4 Å². The molecule has 51 heavy (non-hydrogen) atoms. The number of rotatable bonds is 7. The van der Waals surface area contributed by atoms with Crippen LogP contribution in [-0.4, -0.2) is 76.4 Å². The van der Waals surface area contributed by atoms with Crippen LogP contribution >= 0.6 is 0 Å². The average Bonchev–Trinajstić information content (AvgIpc) is 3.54. The zero-order valence-corrected chi connectivity index (χ0v) is 28.3. The van der Waals surface area contributed by atoms with E-state index in [-0.39, 0.29) is 11.1 Å². The Morgan fingerprint density at radius 3 is 2.18 bits per heavy atom. The van der Waals surface area contributed by atoms with Gasteiger partial charge in [0.15, 0.2) is 11.5 Å². The number of fused-ring (bicyclic) bond motifs is 1. The van der Waals surface area contributed by atoms with Gasteiger partial charge < -0.3 is 9.80 Å². The van der Waals surface area contributed by atoms with Gasteiger partial charge in [0.2, 0.25) is 0 Å². The maximum absolute atomic E-state index is 14.3. The molecule has 1 amide bonds. The fourth-order valence-corrected chi connectivity index (χ4v) is 6.51. The van der Waals surface area contributed by atoms with Crippen LogP contribution in [0.4, 0.5) is 19.0 Å². The maximum Gasteiger partial charge on any atom is 0.417 e. The standard InChI is InChI=1S/C40H36F3N7O/c1-47(2)36(29-14-7-4-8-15-29)45-39(51)35-37-44-21-20-34(31-17-11-16-30(26-31)32-18-9-10-19-33(32)40(41,42)43)50(37)46-38(35)49-24-22-48(23-25-49)27-28-12-5-3-6-13-28/h3-21,26H,22-25,27H2,1-2H3. The van der Waals surface area contributed by atoms with Gasteiger partial charge in [-0.3, -0.25) is 9.69 Å². The van der Waals surface area contributed by atoms with Crippen molar-refractivity contribution in [3.05, 3.63) is 144 Å². The van der Waals surface area contributed by atoms with E-state index in [1.807, 2.05) is 68.7 Å². The van der Waals surface area contributed by atoms with Crippen molar-refractivity contribution in [2.45, 2.75) is 12.7 Å². The Balaban J connectivity index is 1.32. The van der Waals surface area contributed by atoms with Gasteiger partial charge >= 0.3 is 6.18 Å². The van der Waals surface area contributed by atoms with Crippen LogP contribution in [-0.2, 0) is 12.7 Å². The molecule has 258 valence electrons. The van der Waals surface area contributed by atoms with Gasteiger partial charge in [0, 0.05) is 64.1 Å². The molecular formula is C40H36F3N7O. The van der Waals surface area contributed by atoms with Crippen molar-refractivity contribution in [1.82, 2.24) is 24.4 Å². The highest BCUT2D eigenvalue weighted by atomic mass is 19.4. The number of hydrogen-bond acceptors (Lipinski definition) is 5. The van der Waals surface area contributed by atoms with E-state index in [0.29, 0.717) is 47.2 Å². The topological polar surface area (TPSA) is 69.3 Å². The molecule has 1 saturated heterocycles. The summed E-state index contributed by atoms with van der Waals surface area (Å²) < 4.78 is 43.5. The molecular weight excluding hydrogens is 651 g/mol. The van der Waals surface area contributed by atoms with Crippen molar-refractivity contribution >= 4 is 23.2 Å². The summed E-state index contributed by atoms with van der Waals surface area (Å²) in [6.45, 7) is 3.58. The summed E-state index contributed by atoms with van der Waals surface area (Å²) in [5, 5.41) is 5.00. The zero-order chi connectivity index (χ0) is 35.5. The van der Waals surface area contributed by atoms with Gasteiger partial charge in [-0.1, -0.05) is 97.1 Å². The second-order valence-corrected chi connectivity index (χ2v) is 12.6. The number of amides is 1. The molecule has 0 spiro atoms. The first kappa shape index (κ1) is 33.7. The third-order valence-electron chi connectivity index (χ3n) is 9.00. The number of anilines is 1. The number of alkyl halides is 3. The summed E-state index contributed by atoms with van der Waals surface area (Å²) in [4.78, 5) is 29.9. The SMILES string of the molecule is CN(C)C(=NC(=O)c1c(N2CCN(Cc3ccccc3)CC2)nn2c(-c3cccc(-c4ccccc4C(F)(F)F)c3)ccnc12)c1ccccc1. The molecule has 0 N–H and O–H groups in total. The molecule has 0 unspecified atom stereocenters. The van der Waals surface area contributed by atoms with Crippen LogP contribution in [0.1, 0.15) is 27.0 Å². The molecule has 2 aromatic heterocycles. The van der Waals surface area contributed by atoms with Gasteiger partial charge in [0.25, 0.3) is 5.91 Å². The number of amidine groups is 1. The third kappa shape index (κ3) is 7.11. The number of hydrogen-bond donors (Lipinski definition) is 0. The number of carbonyl (C=O) groups excluding carboxylic acids is 1. The van der Waals surface area contributed by atoms with Crippen molar-refractivity contribution in [2.24, 2.45) is 4.99 Å². The van der Waals surface area contributed by atoms with Crippen LogP contribution in [0.15, 0.2) is 126 Å². The minimum atomic E-state index is -4.51. The van der Waals surface area contributed by atoms with Crippen molar-refractivity contribution in [2.75, 3.05) is 45.2 Å². The molecule has 0 aliphatic carbocycles. The minimum absolute atomic E-state index is 0.0778. The Hall–Kier alpha value is -5.81. The quantitative estimate of drug-likeness (QED) is 0.128.